The first-order valence-electron chi connectivity index (χ1n) is 38.1. The van der Waals surface area contributed by atoms with Gasteiger partial charge in [0, 0.05) is 12.8 Å². The molecule has 0 aromatic carbocycles. The van der Waals surface area contributed by atoms with Gasteiger partial charge in [0.15, 0.2) is 0 Å². The number of amides is 1. The Morgan fingerprint density at radius 2 is 0.566 bits per heavy atom. The first kappa shape index (κ1) is 81.3. The summed E-state index contributed by atoms with van der Waals surface area (Å²) in [6.07, 6.45) is 92.6. The summed E-state index contributed by atoms with van der Waals surface area (Å²) in [6.45, 7) is 4.99. The molecule has 0 rings (SSSR count). The van der Waals surface area contributed by atoms with Gasteiger partial charge >= 0.3 is 5.97 Å². The van der Waals surface area contributed by atoms with E-state index >= 15 is 0 Å². The molecule has 3 N–H and O–H groups in total. The summed E-state index contributed by atoms with van der Waals surface area (Å²) in [6, 6.07) is -0.539. The fourth-order valence-electron chi connectivity index (χ4n) is 12.2. The zero-order valence-electron chi connectivity index (χ0n) is 56.5. The van der Waals surface area contributed by atoms with Gasteiger partial charge in [-0.15, -0.1) is 0 Å². The van der Waals surface area contributed by atoms with Crippen LogP contribution in [0.5, 0.6) is 0 Å². The minimum absolute atomic E-state index is 0.0116. The second kappa shape index (κ2) is 72.8. The van der Waals surface area contributed by atoms with Crippen molar-refractivity contribution in [3.63, 3.8) is 0 Å². The molecular formula is C77H149NO5. The van der Waals surface area contributed by atoms with Gasteiger partial charge in [-0.05, 0) is 77.0 Å². The van der Waals surface area contributed by atoms with Crippen molar-refractivity contribution in [2.45, 2.75) is 443 Å². The van der Waals surface area contributed by atoms with Crippen molar-refractivity contribution in [1.82, 2.24) is 5.32 Å². The van der Waals surface area contributed by atoms with E-state index in [9.17, 15) is 19.8 Å². The van der Waals surface area contributed by atoms with E-state index in [4.69, 9.17) is 4.74 Å². The van der Waals surface area contributed by atoms with Crippen LogP contribution in [0.1, 0.15) is 431 Å². The number of aliphatic hydroxyl groups is 2. The number of hydrogen-bond donors (Lipinski definition) is 3. The number of rotatable bonds is 72. The van der Waals surface area contributed by atoms with Crippen molar-refractivity contribution in [3.05, 3.63) is 24.3 Å². The van der Waals surface area contributed by atoms with Crippen LogP contribution in [0.2, 0.25) is 0 Å². The van der Waals surface area contributed by atoms with Crippen molar-refractivity contribution in [2.24, 2.45) is 0 Å². The highest BCUT2D eigenvalue weighted by Gasteiger charge is 2.20. The number of carbonyl (C=O) groups excluding carboxylic acids is 2. The van der Waals surface area contributed by atoms with Gasteiger partial charge in [-0.1, -0.05) is 366 Å². The summed E-state index contributed by atoms with van der Waals surface area (Å²) >= 11 is 0. The van der Waals surface area contributed by atoms with E-state index in [1.165, 1.54) is 353 Å². The van der Waals surface area contributed by atoms with Crippen molar-refractivity contribution >= 4 is 11.9 Å². The maximum absolute atomic E-state index is 12.5. The lowest BCUT2D eigenvalue weighted by atomic mass is 10.0. The molecule has 0 aliphatic heterocycles. The smallest absolute Gasteiger partial charge is 0.305 e. The van der Waals surface area contributed by atoms with E-state index < -0.39 is 12.1 Å². The summed E-state index contributed by atoms with van der Waals surface area (Å²) in [4.78, 5) is 24.6. The molecule has 1 amide bonds. The number of carbonyl (C=O) groups is 2. The van der Waals surface area contributed by atoms with Gasteiger partial charge < -0.3 is 20.3 Å². The third-order valence-corrected chi connectivity index (χ3v) is 18.0. The number of nitrogens with one attached hydrogen (secondary N) is 1. The maximum atomic E-state index is 12.5. The zero-order valence-corrected chi connectivity index (χ0v) is 56.5. The van der Waals surface area contributed by atoms with Gasteiger partial charge in [0.2, 0.25) is 5.91 Å². The van der Waals surface area contributed by atoms with Crippen molar-refractivity contribution in [2.75, 3.05) is 13.2 Å². The molecule has 0 aliphatic rings. The Balaban J connectivity index is 3.34. The van der Waals surface area contributed by atoms with Gasteiger partial charge in [0.1, 0.15) is 0 Å². The second-order valence-corrected chi connectivity index (χ2v) is 26.3. The molecule has 0 aromatic rings. The molecule has 83 heavy (non-hydrogen) atoms. The average molecular weight is 1170 g/mol. The molecule has 0 saturated carbocycles. The van der Waals surface area contributed by atoms with Crippen LogP contribution in [0.4, 0.5) is 0 Å². The fourth-order valence-corrected chi connectivity index (χ4v) is 12.2. The molecular weight excluding hydrogens is 1020 g/mol. The zero-order chi connectivity index (χ0) is 59.9. The van der Waals surface area contributed by atoms with Crippen molar-refractivity contribution in [3.8, 4) is 0 Å². The van der Waals surface area contributed by atoms with Crippen LogP contribution < -0.4 is 5.32 Å². The number of allylic oxidation sites excluding steroid dienone is 4. The summed E-state index contributed by atoms with van der Waals surface area (Å²) in [5.41, 5.74) is 0. The maximum Gasteiger partial charge on any atom is 0.305 e. The number of aliphatic hydroxyl groups excluding tert-OH is 2. The molecule has 0 heterocycles. The molecule has 0 spiro atoms. The topological polar surface area (TPSA) is 95.9 Å². The van der Waals surface area contributed by atoms with Gasteiger partial charge in [-0.2, -0.15) is 0 Å². The molecule has 2 atom stereocenters. The average Bonchev–Trinajstić information content (AvgIpc) is 3.49. The van der Waals surface area contributed by atoms with Crippen LogP contribution >= 0.6 is 0 Å². The monoisotopic (exact) mass is 1170 g/mol. The number of unbranched alkanes of at least 4 members (excludes halogenated alkanes) is 57. The molecule has 0 bridgehead atoms. The van der Waals surface area contributed by atoms with Gasteiger partial charge in [-0.3, -0.25) is 9.59 Å². The lowest BCUT2D eigenvalue weighted by Crippen LogP contribution is -2.45. The first-order valence-corrected chi connectivity index (χ1v) is 38.1. The highest BCUT2D eigenvalue weighted by Crippen LogP contribution is 2.19. The minimum Gasteiger partial charge on any atom is -0.466 e. The van der Waals surface area contributed by atoms with E-state index in [0.29, 0.717) is 25.9 Å². The molecule has 6 heteroatoms. The lowest BCUT2D eigenvalue weighted by molar-refractivity contribution is -0.143. The first-order chi connectivity index (χ1) is 41.0. The predicted molar refractivity (Wildman–Crippen MR) is 366 cm³/mol. The Morgan fingerprint density at radius 1 is 0.325 bits per heavy atom. The third kappa shape index (κ3) is 69.3. The Morgan fingerprint density at radius 3 is 0.855 bits per heavy atom. The lowest BCUT2D eigenvalue weighted by Gasteiger charge is -2.22. The molecule has 0 aromatic heterocycles. The Labute approximate surface area is 520 Å². The molecule has 0 fully saturated rings. The van der Waals surface area contributed by atoms with Gasteiger partial charge in [0.25, 0.3) is 0 Å². The van der Waals surface area contributed by atoms with E-state index in [0.717, 1.165) is 44.9 Å². The third-order valence-electron chi connectivity index (χ3n) is 18.0. The molecule has 2 unspecified atom stereocenters. The molecule has 0 aliphatic carbocycles. The highest BCUT2D eigenvalue weighted by molar-refractivity contribution is 5.76. The van der Waals surface area contributed by atoms with E-state index in [-0.39, 0.29) is 18.5 Å². The van der Waals surface area contributed by atoms with Gasteiger partial charge in [0.05, 0.1) is 25.4 Å². The van der Waals surface area contributed by atoms with E-state index in [1.54, 1.807) is 0 Å². The minimum atomic E-state index is -0.662. The standard InChI is InChI=1S/C77H149NO5/c1-3-5-7-9-11-13-15-17-19-20-38-42-45-49-53-57-61-65-69-75(80)74(73-79)78-76(81)70-66-62-58-54-50-46-43-39-36-34-32-30-28-26-24-22-21-23-25-27-29-31-33-35-37-40-44-48-52-56-60-64-68-72-83-77(82)71-67-63-59-55-51-47-41-18-16-14-12-10-8-6-4-2/h18,25,27,41,74-75,79-80H,3-17,19-24,26,28-40,42-73H2,1-2H3,(H,78,81)/b27-25-,41-18-. The number of ether oxygens (including phenoxy) is 1. The van der Waals surface area contributed by atoms with Crippen LogP contribution in [0.3, 0.4) is 0 Å². The number of esters is 1. The quantitative estimate of drug-likeness (QED) is 0.0320. The summed E-state index contributed by atoms with van der Waals surface area (Å²) in [5, 5.41) is 23.4. The van der Waals surface area contributed by atoms with Crippen molar-refractivity contribution in [1.29, 1.82) is 0 Å². The highest BCUT2D eigenvalue weighted by atomic mass is 16.5. The SMILES string of the molecule is CCCCCCCC/C=C\CCCCCCCC(=O)OCCCCCCCCCCCCCC/C=C\CCCCCCCCCCCCCCCCCCCC(=O)NC(CO)C(O)CCCCCCCCCCCCCCCCCCCC. The molecule has 0 radical (unpaired) electrons. The van der Waals surface area contributed by atoms with Crippen molar-refractivity contribution < 1.29 is 24.5 Å². The van der Waals surface area contributed by atoms with Gasteiger partial charge in [-0.25, -0.2) is 0 Å². The molecule has 6 nitrogen and oxygen atoms in total. The Hall–Kier alpha value is -1.66. The summed E-state index contributed by atoms with van der Waals surface area (Å²) in [7, 11) is 0. The van der Waals surface area contributed by atoms with Crippen LogP contribution in [0.15, 0.2) is 24.3 Å². The predicted octanol–water partition coefficient (Wildman–Crippen LogP) is 24.9. The molecule has 0 saturated heterocycles. The van der Waals surface area contributed by atoms with E-state index in [1.807, 2.05) is 0 Å². The summed E-state index contributed by atoms with van der Waals surface area (Å²) in [5.74, 6) is -0.0160. The Kier molecular flexibility index (Phi) is 71.4. The Bertz CT molecular complexity index is 1300. The number of hydrogen-bond acceptors (Lipinski definition) is 5. The fraction of sp³-hybridized carbons (Fsp3) is 0.922. The molecule has 492 valence electrons. The van der Waals surface area contributed by atoms with Crippen LogP contribution in [-0.4, -0.2) is 47.4 Å². The second-order valence-electron chi connectivity index (χ2n) is 26.3. The van der Waals surface area contributed by atoms with Crippen LogP contribution in [-0.2, 0) is 14.3 Å². The summed E-state index contributed by atoms with van der Waals surface area (Å²) < 4.78 is 5.49. The normalized spacial score (nSPS) is 12.6. The largest absolute Gasteiger partial charge is 0.466 e. The van der Waals surface area contributed by atoms with Crippen LogP contribution in [0.25, 0.3) is 0 Å². The van der Waals surface area contributed by atoms with Crippen LogP contribution in [0, 0.1) is 0 Å². The van der Waals surface area contributed by atoms with E-state index in [2.05, 4.69) is 43.5 Å².